The molecule has 0 saturated carbocycles. The van der Waals surface area contributed by atoms with Gasteiger partial charge in [-0.3, -0.25) is 0 Å². The minimum absolute atomic E-state index is 0.0202. The van der Waals surface area contributed by atoms with Gasteiger partial charge in [0.25, 0.3) is 0 Å². The molecule has 0 aliphatic heterocycles. The third kappa shape index (κ3) is 2.20. The molecule has 1 unspecified atom stereocenters. The number of nitrogens with two attached hydrogens (primary N) is 1. The van der Waals surface area contributed by atoms with E-state index in [9.17, 15) is 4.21 Å². The molecule has 3 N–H and O–H groups in total. The lowest BCUT2D eigenvalue weighted by Gasteiger charge is -2.03. The maximum absolute atomic E-state index is 10.4. The van der Waals surface area contributed by atoms with Crippen LogP contribution in [-0.2, 0) is 16.8 Å². The summed E-state index contributed by atoms with van der Waals surface area (Å²) in [5.41, 5.74) is 6.53. The molecular formula is C7H8ClNO2S. The first-order chi connectivity index (χ1) is 5.61. The van der Waals surface area contributed by atoms with E-state index in [1.807, 2.05) is 0 Å². The first-order valence-electron chi connectivity index (χ1n) is 3.21. The van der Waals surface area contributed by atoms with Crippen molar-refractivity contribution in [3.63, 3.8) is 0 Å². The van der Waals surface area contributed by atoms with Crippen molar-refractivity contribution in [2.75, 3.05) is 5.73 Å². The van der Waals surface area contributed by atoms with Crippen molar-refractivity contribution in [1.29, 1.82) is 0 Å². The Labute approximate surface area is 77.8 Å². The van der Waals surface area contributed by atoms with Crippen molar-refractivity contribution in [3.8, 4) is 0 Å². The molecule has 1 atom stereocenters. The van der Waals surface area contributed by atoms with Crippen molar-refractivity contribution in [3.05, 3.63) is 28.8 Å². The Morgan fingerprint density at radius 2 is 2.25 bits per heavy atom. The minimum Gasteiger partial charge on any atom is -0.397 e. The van der Waals surface area contributed by atoms with E-state index >= 15 is 0 Å². The zero-order valence-electron chi connectivity index (χ0n) is 6.16. The normalized spacial score (nSPS) is 12.8. The summed E-state index contributed by atoms with van der Waals surface area (Å²) in [6.07, 6.45) is 0. The molecule has 0 radical (unpaired) electrons. The predicted molar refractivity (Wildman–Crippen MR) is 50.3 cm³/mol. The third-order valence-electron chi connectivity index (χ3n) is 1.42. The van der Waals surface area contributed by atoms with Gasteiger partial charge in [0, 0.05) is 0 Å². The Morgan fingerprint density at radius 1 is 1.58 bits per heavy atom. The van der Waals surface area contributed by atoms with Gasteiger partial charge in [-0.15, -0.1) is 0 Å². The summed E-state index contributed by atoms with van der Waals surface area (Å²) in [7, 11) is 0. The van der Waals surface area contributed by atoms with E-state index in [1.54, 1.807) is 18.2 Å². The Balaban J connectivity index is 3.00. The second kappa shape index (κ2) is 3.89. The first-order valence-corrected chi connectivity index (χ1v) is 4.87. The van der Waals surface area contributed by atoms with Crippen LogP contribution in [0.15, 0.2) is 18.2 Å². The van der Waals surface area contributed by atoms with Gasteiger partial charge in [0.2, 0.25) is 0 Å². The van der Waals surface area contributed by atoms with Gasteiger partial charge in [0.05, 0.1) is 16.5 Å². The van der Waals surface area contributed by atoms with Crippen molar-refractivity contribution in [1.82, 2.24) is 0 Å². The van der Waals surface area contributed by atoms with E-state index in [2.05, 4.69) is 0 Å². The quantitative estimate of drug-likeness (QED) is 0.570. The highest BCUT2D eigenvalue weighted by molar-refractivity contribution is 7.78. The van der Waals surface area contributed by atoms with Crippen LogP contribution in [0.5, 0.6) is 0 Å². The summed E-state index contributed by atoms with van der Waals surface area (Å²) >= 11 is 3.82. The van der Waals surface area contributed by atoms with E-state index in [0.29, 0.717) is 16.3 Å². The predicted octanol–water partition coefficient (Wildman–Crippen LogP) is 1.64. The molecule has 1 rings (SSSR count). The van der Waals surface area contributed by atoms with Crippen LogP contribution in [0.25, 0.3) is 0 Å². The SMILES string of the molecule is Nc1c(Cl)cccc1CS(=O)O. The number of benzene rings is 1. The van der Waals surface area contributed by atoms with E-state index in [4.69, 9.17) is 21.9 Å². The molecule has 0 aliphatic rings. The van der Waals surface area contributed by atoms with Crippen molar-refractivity contribution >= 4 is 28.4 Å². The number of hydrogen-bond donors (Lipinski definition) is 2. The molecule has 0 bridgehead atoms. The summed E-state index contributed by atoms with van der Waals surface area (Å²) in [4.78, 5) is 0. The van der Waals surface area contributed by atoms with Crippen molar-refractivity contribution in [2.24, 2.45) is 0 Å². The van der Waals surface area contributed by atoms with Crippen molar-refractivity contribution in [2.45, 2.75) is 5.75 Å². The fraction of sp³-hybridized carbons (Fsp3) is 0.143. The van der Waals surface area contributed by atoms with E-state index in [0.717, 1.165) is 0 Å². The molecule has 0 spiro atoms. The van der Waals surface area contributed by atoms with Crippen LogP contribution in [0, 0.1) is 0 Å². The number of hydrogen-bond acceptors (Lipinski definition) is 2. The van der Waals surface area contributed by atoms with Crippen LogP contribution < -0.4 is 5.73 Å². The average molecular weight is 206 g/mol. The standard InChI is InChI=1S/C7H8ClNO2S/c8-6-3-1-2-5(7(6)9)4-12(10)11/h1-3H,4,9H2,(H,10,11). The minimum atomic E-state index is -1.87. The van der Waals surface area contributed by atoms with Gasteiger partial charge in [-0.1, -0.05) is 23.7 Å². The molecule has 5 heteroatoms. The highest BCUT2D eigenvalue weighted by Crippen LogP contribution is 2.22. The average Bonchev–Trinajstić information content (AvgIpc) is 1.98. The molecule has 0 aliphatic carbocycles. The number of rotatable bonds is 2. The molecule has 1 aromatic carbocycles. The number of para-hydroxylation sites is 1. The van der Waals surface area contributed by atoms with Gasteiger partial charge < -0.3 is 10.3 Å². The molecule has 0 aromatic heterocycles. The Morgan fingerprint density at radius 3 is 2.83 bits per heavy atom. The van der Waals surface area contributed by atoms with Crippen LogP contribution in [-0.4, -0.2) is 8.76 Å². The molecule has 66 valence electrons. The molecule has 0 heterocycles. The maximum atomic E-state index is 10.4. The smallest absolute Gasteiger partial charge is 0.157 e. The van der Waals surface area contributed by atoms with Crippen molar-refractivity contribution < 1.29 is 8.76 Å². The van der Waals surface area contributed by atoms with Gasteiger partial charge in [0.1, 0.15) is 0 Å². The lowest BCUT2D eigenvalue weighted by atomic mass is 10.2. The Kier molecular flexibility index (Phi) is 3.08. The highest BCUT2D eigenvalue weighted by atomic mass is 35.5. The summed E-state index contributed by atoms with van der Waals surface area (Å²) in [6, 6.07) is 5.01. The highest BCUT2D eigenvalue weighted by Gasteiger charge is 2.04. The zero-order chi connectivity index (χ0) is 9.14. The van der Waals surface area contributed by atoms with Gasteiger partial charge in [-0.25, -0.2) is 4.21 Å². The molecular weight excluding hydrogens is 198 g/mol. The van der Waals surface area contributed by atoms with E-state index < -0.39 is 11.1 Å². The fourth-order valence-corrected chi connectivity index (χ4v) is 1.55. The van der Waals surface area contributed by atoms with E-state index in [1.165, 1.54) is 0 Å². The monoisotopic (exact) mass is 205 g/mol. The van der Waals surface area contributed by atoms with Gasteiger partial charge >= 0.3 is 0 Å². The molecule has 3 nitrogen and oxygen atoms in total. The second-order valence-electron chi connectivity index (χ2n) is 2.28. The largest absolute Gasteiger partial charge is 0.397 e. The van der Waals surface area contributed by atoms with Gasteiger partial charge in [-0.2, -0.15) is 0 Å². The fourth-order valence-electron chi connectivity index (χ4n) is 0.841. The number of halogens is 1. The summed E-state index contributed by atoms with van der Waals surface area (Å²) in [5, 5.41) is 0.415. The summed E-state index contributed by atoms with van der Waals surface area (Å²) < 4.78 is 19.0. The number of anilines is 1. The lowest BCUT2D eigenvalue weighted by Crippen LogP contribution is -1.98. The third-order valence-corrected chi connectivity index (χ3v) is 2.31. The van der Waals surface area contributed by atoms with Gasteiger partial charge in [-0.05, 0) is 11.6 Å². The first kappa shape index (κ1) is 9.51. The van der Waals surface area contributed by atoms with Crippen LogP contribution >= 0.6 is 11.6 Å². The van der Waals surface area contributed by atoms with E-state index in [-0.39, 0.29) is 5.75 Å². The number of nitrogen functional groups attached to an aromatic ring is 1. The van der Waals surface area contributed by atoms with Crippen LogP contribution in [0.3, 0.4) is 0 Å². The Bertz CT molecular complexity index is 316. The van der Waals surface area contributed by atoms with Gasteiger partial charge in [0.15, 0.2) is 11.1 Å². The van der Waals surface area contributed by atoms with Crippen LogP contribution in [0.4, 0.5) is 5.69 Å². The molecule has 0 amide bonds. The second-order valence-corrected chi connectivity index (χ2v) is 3.62. The maximum Gasteiger partial charge on any atom is 0.157 e. The molecule has 1 aromatic rings. The molecule has 12 heavy (non-hydrogen) atoms. The molecule has 0 fully saturated rings. The molecule has 0 saturated heterocycles. The zero-order valence-corrected chi connectivity index (χ0v) is 7.73. The Hall–Kier alpha value is -0.580. The summed E-state index contributed by atoms with van der Waals surface area (Å²) in [6.45, 7) is 0. The topological polar surface area (TPSA) is 63.3 Å². The van der Waals surface area contributed by atoms with Crippen LogP contribution in [0.1, 0.15) is 5.56 Å². The summed E-state index contributed by atoms with van der Waals surface area (Å²) in [5.74, 6) is 0.0202. The lowest BCUT2D eigenvalue weighted by molar-refractivity contribution is 0.563. The van der Waals surface area contributed by atoms with Crippen LogP contribution in [0.2, 0.25) is 5.02 Å².